The third kappa shape index (κ3) is 4.36. The van der Waals surface area contributed by atoms with E-state index < -0.39 is 11.6 Å². The van der Waals surface area contributed by atoms with Crippen molar-refractivity contribution in [3.8, 4) is 11.1 Å². The summed E-state index contributed by atoms with van der Waals surface area (Å²) in [5.74, 6) is -0.251. The molecule has 0 spiro atoms. The Kier molecular flexibility index (Phi) is 6.36. The number of hydrogen-bond acceptors (Lipinski definition) is 5. The molecule has 1 aliphatic heterocycles. The Hall–Kier alpha value is -2.80. The lowest BCUT2D eigenvalue weighted by molar-refractivity contribution is 0.280. The van der Waals surface area contributed by atoms with Crippen LogP contribution in [-0.4, -0.2) is 55.4 Å². The van der Waals surface area contributed by atoms with Gasteiger partial charge in [0.05, 0.1) is 0 Å². The molecule has 0 atom stereocenters. The van der Waals surface area contributed by atoms with Crippen LogP contribution in [-0.2, 0) is 0 Å². The van der Waals surface area contributed by atoms with E-state index in [9.17, 15) is 8.78 Å². The van der Waals surface area contributed by atoms with E-state index in [1.54, 1.807) is 31.6 Å². The van der Waals surface area contributed by atoms with Crippen molar-refractivity contribution < 1.29 is 8.78 Å². The fraction of sp³-hybridized carbons (Fsp3) is 0.333. The smallest absolute Gasteiger partial charge is 0.136 e. The van der Waals surface area contributed by atoms with Gasteiger partial charge in [-0.05, 0) is 37.3 Å². The zero-order valence-corrected chi connectivity index (χ0v) is 16.2. The first kappa shape index (κ1) is 19.9. The van der Waals surface area contributed by atoms with Gasteiger partial charge in [-0.25, -0.2) is 13.8 Å². The van der Waals surface area contributed by atoms with Crippen LogP contribution in [0, 0.1) is 11.6 Å². The summed E-state index contributed by atoms with van der Waals surface area (Å²) in [4.78, 5) is 13.1. The highest BCUT2D eigenvalue weighted by atomic mass is 19.1. The molecule has 28 heavy (non-hydrogen) atoms. The molecule has 2 heterocycles. The predicted molar refractivity (Wildman–Crippen MR) is 110 cm³/mol. The number of anilines is 1. The average molecular weight is 385 g/mol. The Balaban J connectivity index is 1.76. The minimum absolute atomic E-state index is 0.230. The lowest BCUT2D eigenvalue weighted by Gasteiger charge is -2.36. The van der Waals surface area contributed by atoms with E-state index in [2.05, 4.69) is 19.8 Å². The number of hydrogen-bond donors (Lipinski definition) is 1. The van der Waals surface area contributed by atoms with E-state index in [4.69, 9.17) is 5.73 Å². The fourth-order valence-electron chi connectivity index (χ4n) is 3.35. The van der Waals surface area contributed by atoms with Gasteiger partial charge in [0.2, 0.25) is 0 Å². The molecule has 1 fully saturated rings. The van der Waals surface area contributed by atoms with Gasteiger partial charge in [-0.1, -0.05) is 0 Å². The summed E-state index contributed by atoms with van der Waals surface area (Å²) in [6, 6.07) is 7.01. The summed E-state index contributed by atoms with van der Waals surface area (Å²) in [7, 11) is 1.75. The van der Waals surface area contributed by atoms with Crippen LogP contribution in [0.25, 0.3) is 11.1 Å². The highest BCUT2D eigenvalue weighted by Gasteiger charge is 2.22. The van der Waals surface area contributed by atoms with Crippen LogP contribution in [0.15, 0.2) is 53.3 Å². The maximum absolute atomic E-state index is 14.3. The summed E-state index contributed by atoms with van der Waals surface area (Å²) in [6.45, 7) is 5.79. The van der Waals surface area contributed by atoms with Gasteiger partial charge in [0, 0.05) is 74.6 Å². The molecule has 0 unspecified atom stereocenters. The fourth-order valence-corrected chi connectivity index (χ4v) is 3.35. The number of halogens is 2. The van der Waals surface area contributed by atoms with Gasteiger partial charge in [0.15, 0.2) is 0 Å². The first-order valence-electron chi connectivity index (χ1n) is 9.25. The van der Waals surface area contributed by atoms with E-state index in [-0.39, 0.29) is 5.56 Å². The van der Waals surface area contributed by atoms with Crippen LogP contribution in [0.3, 0.4) is 0 Å². The van der Waals surface area contributed by atoms with Crippen LogP contribution in [0.2, 0.25) is 0 Å². The molecule has 1 aromatic heterocycles. The number of aromatic nitrogens is 1. The second-order valence-corrected chi connectivity index (χ2v) is 6.76. The molecule has 1 aliphatic rings. The van der Waals surface area contributed by atoms with Gasteiger partial charge in [-0.15, -0.1) is 0 Å². The van der Waals surface area contributed by atoms with Crippen molar-refractivity contribution in [3.05, 3.63) is 59.9 Å². The molecule has 148 valence electrons. The van der Waals surface area contributed by atoms with E-state index >= 15 is 0 Å². The van der Waals surface area contributed by atoms with Gasteiger partial charge in [0.25, 0.3) is 0 Å². The zero-order valence-electron chi connectivity index (χ0n) is 16.2. The zero-order chi connectivity index (χ0) is 20.1. The number of piperazine rings is 1. The van der Waals surface area contributed by atoms with Crippen molar-refractivity contribution in [2.75, 3.05) is 44.7 Å². The molecule has 0 aliphatic carbocycles. The molecule has 0 radical (unpaired) electrons. The van der Waals surface area contributed by atoms with Crippen molar-refractivity contribution in [3.63, 3.8) is 0 Å². The van der Waals surface area contributed by atoms with E-state index in [1.807, 2.05) is 6.92 Å². The number of benzene rings is 1. The van der Waals surface area contributed by atoms with Gasteiger partial charge in [0.1, 0.15) is 17.5 Å². The second-order valence-electron chi connectivity index (χ2n) is 6.76. The van der Waals surface area contributed by atoms with Gasteiger partial charge in [-0.2, -0.15) is 0 Å². The van der Waals surface area contributed by atoms with Crippen LogP contribution in [0.1, 0.15) is 6.92 Å². The lowest BCUT2D eigenvalue weighted by atomic mass is 10.0. The SMILES string of the molecule is CN=C(C)/C(=C\N)CN1CCN(c2ncccc2-c2cc(F)ccc2F)CC1. The molecule has 5 nitrogen and oxygen atoms in total. The Morgan fingerprint density at radius 2 is 1.93 bits per heavy atom. The number of nitrogens with zero attached hydrogens (tertiary/aromatic N) is 4. The van der Waals surface area contributed by atoms with E-state index in [1.165, 1.54) is 6.07 Å². The molecule has 7 heteroatoms. The average Bonchev–Trinajstić information content (AvgIpc) is 2.73. The second kappa shape index (κ2) is 8.93. The minimum atomic E-state index is -0.468. The highest BCUT2D eigenvalue weighted by molar-refractivity contribution is 5.98. The topological polar surface area (TPSA) is 57.8 Å². The third-order valence-corrected chi connectivity index (χ3v) is 5.07. The summed E-state index contributed by atoms with van der Waals surface area (Å²) in [6.07, 6.45) is 3.29. The highest BCUT2D eigenvalue weighted by Crippen LogP contribution is 2.31. The van der Waals surface area contributed by atoms with Gasteiger partial charge >= 0.3 is 0 Å². The van der Waals surface area contributed by atoms with E-state index in [0.717, 1.165) is 56.1 Å². The standard InChI is InChI=1S/C21H25F2N5/c1-15(25-2)16(13-24)14-27-8-10-28(11-9-27)21-18(4-3-7-26-21)19-12-17(22)5-6-20(19)23/h3-7,12-13H,8-11,14,24H2,1-2H3/b16-13-,25-15?. The number of nitrogens with two attached hydrogens (primary N) is 1. The lowest BCUT2D eigenvalue weighted by Crippen LogP contribution is -2.47. The minimum Gasteiger partial charge on any atom is -0.404 e. The number of rotatable bonds is 5. The van der Waals surface area contributed by atoms with Crippen molar-refractivity contribution in [2.45, 2.75) is 6.92 Å². The van der Waals surface area contributed by atoms with Crippen LogP contribution < -0.4 is 10.6 Å². The van der Waals surface area contributed by atoms with Gasteiger partial charge < -0.3 is 10.6 Å². The Bertz CT molecular complexity index is 886. The van der Waals surface area contributed by atoms with Crippen molar-refractivity contribution in [1.29, 1.82) is 0 Å². The largest absolute Gasteiger partial charge is 0.404 e. The monoisotopic (exact) mass is 385 g/mol. The molecular weight excluding hydrogens is 360 g/mol. The first-order valence-corrected chi connectivity index (χ1v) is 9.25. The molecule has 1 saturated heterocycles. The quantitative estimate of drug-likeness (QED) is 0.804. The van der Waals surface area contributed by atoms with Gasteiger partial charge in [-0.3, -0.25) is 9.89 Å². The third-order valence-electron chi connectivity index (χ3n) is 5.07. The molecule has 0 amide bonds. The Labute approximate surface area is 164 Å². The van der Waals surface area contributed by atoms with Crippen LogP contribution in [0.4, 0.5) is 14.6 Å². The maximum Gasteiger partial charge on any atom is 0.136 e. The van der Waals surface area contributed by atoms with Crippen molar-refractivity contribution in [1.82, 2.24) is 9.88 Å². The summed E-state index contributed by atoms with van der Waals surface area (Å²) in [5.41, 5.74) is 8.51. The number of pyridine rings is 1. The maximum atomic E-state index is 14.3. The van der Waals surface area contributed by atoms with Crippen molar-refractivity contribution >= 4 is 11.5 Å². The molecule has 3 rings (SSSR count). The molecular formula is C21H25F2N5. The van der Waals surface area contributed by atoms with Crippen LogP contribution >= 0.6 is 0 Å². The molecule has 0 bridgehead atoms. The summed E-state index contributed by atoms with van der Waals surface area (Å²) >= 11 is 0. The normalized spacial score (nSPS) is 16.5. The Morgan fingerprint density at radius 3 is 2.61 bits per heavy atom. The summed E-state index contributed by atoms with van der Waals surface area (Å²) < 4.78 is 28.0. The molecule has 2 N–H and O–H groups in total. The Morgan fingerprint density at radius 1 is 1.18 bits per heavy atom. The molecule has 1 aromatic carbocycles. The number of aliphatic imine (C=N–C) groups is 1. The summed E-state index contributed by atoms with van der Waals surface area (Å²) in [5, 5.41) is 0. The predicted octanol–water partition coefficient (Wildman–Crippen LogP) is 3.08. The van der Waals surface area contributed by atoms with Crippen LogP contribution in [0.5, 0.6) is 0 Å². The molecule has 0 saturated carbocycles. The van der Waals surface area contributed by atoms with E-state index in [0.29, 0.717) is 11.4 Å². The first-order chi connectivity index (χ1) is 13.5. The molecule has 2 aromatic rings. The van der Waals surface area contributed by atoms with Crippen molar-refractivity contribution in [2.24, 2.45) is 10.7 Å².